The average Bonchev–Trinajstić information content (AvgIpc) is 2.14. The van der Waals surface area contributed by atoms with Gasteiger partial charge in [-0.05, 0) is 28.1 Å². The summed E-state index contributed by atoms with van der Waals surface area (Å²) >= 11 is 2.85. The molecule has 0 saturated carbocycles. The van der Waals surface area contributed by atoms with Crippen molar-refractivity contribution in [2.75, 3.05) is 7.05 Å². The molecule has 1 rings (SSSR count). The Balaban J connectivity index is 3.51. The van der Waals surface area contributed by atoms with Gasteiger partial charge in [0.1, 0.15) is 5.82 Å². The van der Waals surface area contributed by atoms with Crippen LogP contribution in [0.25, 0.3) is 0 Å². The fourth-order valence-corrected chi connectivity index (χ4v) is 3.19. The summed E-state index contributed by atoms with van der Waals surface area (Å²) in [6, 6.07) is 1.75. The Morgan fingerprint density at radius 2 is 2.06 bits per heavy atom. The molecule has 0 bridgehead atoms. The topological polar surface area (TPSA) is 63.2 Å². The molecule has 0 aliphatic rings. The molecular weight excluding hydrogens is 325 g/mol. The molecule has 8 heteroatoms. The summed E-state index contributed by atoms with van der Waals surface area (Å²) in [5.74, 6) is -1.57. The molecule has 0 aliphatic heterocycles. The van der Waals surface area contributed by atoms with Crippen molar-refractivity contribution in [1.29, 1.82) is 0 Å². The van der Waals surface area contributed by atoms with Crippen molar-refractivity contribution in [3.8, 4) is 0 Å². The van der Waals surface area contributed by atoms with Crippen molar-refractivity contribution in [3.05, 3.63) is 28.0 Å². The summed E-state index contributed by atoms with van der Waals surface area (Å²) in [5, 5.41) is 2.19. The quantitative estimate of drug-likeness (QED) is 0.842. The van der Waals surface area contributed by atoms with E-state index in [1.807, 2.05) is 0 Å². The maximum absolute atomic E-state index is 13.3. The van der Waals surface area contributed by atoms with Crippen molar-refractivity contribution < 1.29 is 17.6 Å². The van der Waals surface area contributed by atoms with Crippen LogP contribution in [-0.4, -0.2) is 21.4 Å². The van der Waals surface area contributed by atoms with Gasteiger partial charge in [-0.1, -0.05) is 0 Å². The number of halogens is 3. The van der Waals surface area contributed by atoms with Gasteiger partial charge in [0.25, 0.3) is 15.0 Å². The first-order chi connectivity index (χ1) is 7.27. The van der Waals surface area contributed by atoms with Crippen LogP contribution in [0.4, 0.5) is 4.39 Å². The SMILES string of the molecule is CNC(=O)c1cc(S(=O)(=O)Cl)c(Br)cc1F. The molecule has 88 valence electrons. The van der Waals surface area contributed by atoms with Gasteiger partial charge < -0.3 is 5.32 Å². The van der Waals surface area contributed by atoms with Crippen LogP contribution in [-0.2, 0) is 9.05 Å². The predicted molar refractivity (Wildman–Crippen MR) is 60.5 cm³/mol. The molecule has 0 saturated heterocycles. The Kier molecular flexibility index (Phi) is 3.92. The van der Waals surface area contributed by atoms with Crippen molar-refractivity contribution in [3.63, 3.8) is 0 Å². The normalized spacial score (nSPS) is 11.2. The minimum absolute atomic E-state index is 0.0346. The fourth-order valence-electron chi connectivity index (χ4n) is 1.02. The number of amides is 1. The van der Waals surface area contributed by atoms with Gasteiger partial charge in [0.2, 0.25) is 0 Å². The summed E-state index contributed by atoms with van der Waals surface area (Å²) in [6.07, 6.45) is 0. The van der Waals surface area contributed by atoms with Crippen LogP contribution in [0, 0.1) is 5.82 Å². The van der Waals surface area contributed by atoms with Crippen LogP contribution in [0.1, 0.15) is 10.4 Å². The summed E-state index contributed by atoms with van der Waals surface area (Å²) in [4.78, 5) is 10.9. The smallest absolute Gasteiger partial charge is 0.262 e. The van der Waals surface area contributed by atoms with E-state index >= 15 is 0 Å². The molecule has 0 spiro atoms. The van der Waals surface area contributed by atoms with Gasteiger partial charge in [-0.2, -0.15) is 0 Å². The highest BCUT2D eigenvalue weighted by atomic mass is 79.9. The molecule has 16 heavy (non-hydrogen) atoms. The van der Waals surface area contributed by atoms with E-state index in [0.717, 1.165) is 12.1 Å². The summed E-state index contributed by atoms with van der Waals surface area (Å²) < 4.78 is 35.5. The van der Waals surface area contributed by atoms with Gasteiger partial charge in [0, 0.05) is 22.2 Å². The van der Waals surface area contributed by atoms with E-state index in [9.17, 15) is 17.6 Å². The largest absolute Gasteiger partial charge is 0.355 e. The standard InChI is InChI=1S/C8H6BrClFNO3S/c1-12-8(13)4-2-7(16(10,14)15)5(9)3-6(4)11/h2-3H,1H3,(H,12,13). The number of carbonyl (C=O) groups is 1. The second-order valence-corrected chi connectivity index (χ2v) is 6.17. The van der Waals surface area contributed by atoms with E-state index in [4.69, 9.17) is 10.7 Å². The predicted octanol–water partition coefficient (Wildman–Crippen LogP) is 1.88. The number of hydrogen-bond acceptors (Lipinski definition) is 3. The summed E-state index contributed by atoms with van der Waals surface area (Å²) in [7, 11) is 2.39. The van der Waals surface area contributed by atoms with Gasteiger partial charge in [0.05, 0.1) is 10.5 Å². The monoisotopic (exact) mass is 329 g/mol. The molecule has 1 aromatic carbocycles. The zero-order chi connectivity index (χ0) is 12.5. The van der Waals surface area contributed by atoms with E-state index in [1.165, 1.54) is 7.05 Å². The van der Waals surface area contributed by atoms with Crippen LogP contribution in [0.3, 0.4) is 0 Å². The molecule has 0 unspecified atom stereocenters. The molecular formula is C8H6BrClFNO3S. The van der Waals surface area contributed by atoms with Gasteiger partial charge in [0.15, 0.2) is 0 Å². The molecule has 0 aromatic heterocycles. The second-order valence-electron chi connectivity index (χ2n) is 2.78. The maximum Gasteiger partial charge on any atom is 0.262 e. The lowest BCUT2D eigenvalue weighted by molar-refractivity contribution is 0.0959. The average molecular weight is 331 g/mol. The van der Waals surface area contributed by atoms with Crippen molar-refractivity contribution in [2.24, 2.45) is 0 Å². The molecule has 0 heterocycles. The van der Waals surface area contributed by atoms with Gasteiger partial charge in [-0.3, -0.25) is 4.79 Å². The number of nitrogens with one attached hydrogen (secondary N) is 1. The van der Waals surface area contributed by atoms with Gasteiger partial charge in [-0.15, -0.1) is 0 Å². The first-order valence-electron chi connectivity index (χ1n) is 3.93. The Hall–Kier alpha value is -0.660. The van der Waals surface area contributed by atoms with Gasteiger partial charge in [-0.25, -0.2) is 12.8 Å². The minimum Gasteiger partial charge on any atom is -0.355 e. The lowest BCUT2D eigenvalue weighted by atomic mass is 10.2. The van der Waals surface area contributed by atoms with Crippen molar-refractivity contribution in [1.82, 2.24) is 5.32 Å². The second kappa shape index (κ2) is 4.68. The zero-order valence-corrected chi connectivity index (χ0v) is 11.1. The Bertz CT molecular complexity index is 546. The summed E-state index contributed by atoms with van der Waals surface area (Å²) in [6.45, 7) is 0. The number of benzene rings is 1. The van der Waals surface area contributed by atoms with E-state index in [1.54, 1.807) is 0 Å². The van der Waals surface area contributed by atoms with E-state index in [0.29, 0.717) is 0 Å². The van der Waals surface area contributed by atoms with Crippen LogP contribution in [0.15, 0.2) is 21.5 Å². The molecule has 4 nitrogen and oxygen atoms in total. The van der Waals surface area contributed by atoms with Crippen LogP contribution in [0.2, 0.25) is 0 Å². The zero-order valence-electron chi connectivity index (χ0n) is 7.92. The highest BCUT2D eigenvalue weighted by Gasteiger charge is 2.20. The number of hydrogen-bond donors (Lipinski definition) is 1. The first kappa shape index (κ1) is 13.4. The number of carbonyl (C=O) groups excluding carboxylic acids is 1. The highest BCUT2D eigenvalue weighted by Crippen LogP contribution is 2.28. The van der Waals surface area contributed by atoms with Crippen LogP contribution < -0.4 is 5.32 Å². The molecule has 0 radical (unpaired) electrons. The summed E-state index contributed by atoms with van der Waals surface area (Å²) in [5.41, 5.74) is -0.384. The highest BCUT2D eigenvalue weighted by molar-refractivity contribution is 9.10. The minimum atomic E-state index is -4.04. The van der Waals surface area contributed by atoms with Crippen molar-refractivity contribution in [2.45, 2.75) is 4.90 Å². The van der Waals surface area contributed by atoms with Gasteiger partial charge >= 0.3 is 0 Å². The molecule has 0 aliphatic carbocycles. The fraction of sp³-hybridized carbons (Fsp3) is 0.125. The van der Waals surface area contributed by atoms with Crippen LogP contribution >= 0.6 is 26.6 Å². The molecule has 1 amide bonds. The first-order valence-corrected chi connectivity index (χ1v) is 7.03. The molecule has 1 N–H and O–H groups in total. The van der Waals surface area contributed by atoms with E-state index < -0.39 is 20.8 Å². The van der Waals surface area contributed by atoms with E-state index in [-0.39, 0.29) is 14.9 Å². The third-order valence-corrected chi connectivity index (χ3v) is 4.04. The molecule has 0 fully saturated rings. The Labute approximate surface area is 104 Å². The van der Waals surface area contributed by atoms with E-state index in [2.05, 4.69) is 21.2 Å². The Morgan fingerprint density at radius 3 is 2.50 bits per heavy atom. The lowest BCUT2D eigenvalue weighted by Gasteiger charge is -2.05. The molecule has 0 atom stereocenters. The lowest BCUT2D eigenvalue weighted by Crippen LogP contribution is -2.19. The van der Waals surface area contributed by atoms with Crippen molar-refractivity contribution >= 4 is 41.6 Å². The maximum atomic E-state index is 13.3. The number of rotatable bonds is 2. The van der Waals surface area contributed by atoms with Crippen LogP contribution in [0.5, 0.6) is 0 Å². The third-order valence-electron chi connectivity index (χ3n) is 1.76. The molecule has 1 aromatic rings. The Morgan fingerprint density at radius 1 is 1.50 bits per heavy atom. The third kappa shape index (κ3) is 2.72.